The van der Waals surface area contributed by atoms with Crippen molar-refractivity contribution >= 4 is 28.9 Å². The second-order valence-electron chi connectivity index (χ2n) is 4.36. The zero-order chi connectivity index (χ0) is 14.5. The summed E-state index contributed by atoms with van der Waals surface area (Å²) < 4.78 is 13.0. The van der Waals surface area contributed by atoms with Gasteiger partial charge in [0.15, 0.2) is 0 Å². The molecule has 0 fully saturated rings. The summed E-state index contributed by atoms with van der Waals surface area (Å²) in [5.41, 5.74) is 0.604. The lowest BCUT2D eigenvalue weighted by atomic mass is 10.3. The van der Waals surface area contributed by atoms with Crippen LogP contribution in [0.1, 0.15) is 19.2 Å². The fourth-order valence-electron chi connectivity index (χ4n) is 1.70. The van der Waals surface area contributed by atoms with E-state index < -0.39 is 0 Å². The molecule has 20 heavy (non-hydrogen) atoms. The molecule has 0 amide bonds. The van der Waals surface area contributed by atoms with Crippen LogP contribution < -0.4 is 10.6 Å². The normalized spacial score (nSPS) is 10.4. The van der Waals surface area contributed by atoms with E-state index in [-0.39, 0.29) is 5.82 Å². The van der Waals surface area contributed by atoms with Crippen LogP contribution in [-0.4, -0.2) is 16.5 Å². The first kappa shape index (κ1) is 14.5. The van der Waals surface area contributed by atoms with E-state index in [1.165, 1.54) is 12.1 Å². The Labute approximate surface area is 122 Å². The number of nitrogens with one attached hydrogen (secondary N) is 2. The Morgan fingerprint density at radius 3 is 2.65 bits per heavy atom. The summed E-state index contributed by atoms with van der Waals surface area (Å²) in [6.45, 7) is 4.74. The smallest absolute Gasteiger partial charge is 0.136 e. The molecule has 0 saturated heterocycles. The van der Waals surface area contributed by atoms with Crippen molar-refractivity contribution in [3.63, 3.8) is 0 Å². The minimum atomic E-state index is -0.371. The number of rotatable bonds is 5. The Hall–Kier alpha value is -1.88. The van der Waals surface area contributed by atoms with Gasteiger partial charge in [-0.05, 0) is 31.5 Å². The van der Waals surface area contributed by atoms with Gasteiger partial charge in [-0.3, -0.25) is 0 Å². The van der Waals surface area contributed by atoms with Gasteiger partial charge in [0.25, 0.3) is 0 Å². The Morgan fingerprint density at radius 1 is 1.20 bits per heavy atom. The van der Waals surface area contributed by atoms with Gasteiger partial charge in [-0.1, -0.05) is 18.5 Å². The summed E-state index contributed by atoms with van der Waals surface area (Å²) in [5.74, 6) is 1.64. The van der Waals surface area contributed by atoms with E-state index in [4.69, 9.17) is 11.6 Å². The van der Waals surface area contributed by atoms with Crippen molar-refractivity contribution in [2.45, 2.75) is 20.3 Å². The standard InChI is InChI=1S/C14H16ClFN4/c1-3-6-17-13-8-14(19-9(2)18-13)20-12-5-4-10(16)7-11(12)15/h4-5,7-8H,3,6H2,1-2H3,(H2,17,18,19,20). The lowest BCUT2D eigenvalue weighted by Gasteiger charge is -2.10. The second kappa shape index (κ2) is 6.52. The first-order valence-electron chi connectivity index (χ1n) is 6.40. The lowest BCUT2D eigenvalue weighted by Crippen LogP contribution is -2.05. The topological polar surface area (TPSA) is 49.8 Å². The molecule has 4 nitrogen and oxygen atoms in total. The summed E-state index contributed by atoms with van der Waals surface area (Å²) in [5, 5.41) is 6.58. The van der Waals surface area contributed by atoms with Crippen LogP contribution in [0.2, 0.25) is 5.02 Å². The summed E-state index contributed by atoms with van der Waals surface area (Å²) in [6, 6.07) is 5.98. The van der Waals surface area contributed by atoms with Crippen molar-refractivity contribution in [1.82, 2.24) is 9.97 Å². The number of benzene rings is 1. The van der Waals surface area contributed by atoms with Crippen LogP contribution in [0.25, 0.3) is 0 Å². The van der Waals surface area contributed by atoms with E-state index in [0.717, 1.165) is 18.8 Å². The van der Waals surface area contributed by atoms with Gasteiger partial charge in [0.2, 0.25) is 0 Å². The van der Waals surface area contributed by atoms with Crippen LogP contribution in [0.3, 0.4) is 0 Å². The van der Waals surface area contributed by atoms with Crippen molar-refractivity contribution in [2.24, 2.45) is 0 Å². The zero-order valence-corrected chi connectivity index (χ0v) is 12.1. The maximum Gasteiger partial charge on any atom is 0.136 e. The highest BCUT2D eigenvalue weighted by atomic mass is 35.5. The van der Waals surface area contributed by atoms with Crippen LogP contribution in [0, 0.1) is 12.7 Å². The number of hydrogen-bond donors (Lipinski definition) is 2. The maximum atomic E-state index is 13.0. The third-order valence-electron chi connectivity index (χ3n) is 2.59. The van der Waals surface area contributed by atoms with Crippen LogP contribution in [0.5, 0.6) is 0 Å². The largest absolute Gasteiger partial charge is 0.370 e. The number of halogens is 2. The van der Waals surface area contributed by atoms with Crippen molar-refractivity contribution < 1.29 is 4.39 Å². The molecule has 1 aromatic carbocycles. The molecule has 0 spiro atoms. The minimum absolute atomic E-state index is 0.310. The molecule has 0 radical (unpaired) electrons. The molecule has 0 saturated carbocycles. The Bertz CT molecular complexity index is 604. The predicted molar refractivity (Wildman–Crippen MR) is 80.2 cm³/mol. The van der Waals surface area contributed by atoms with E-state index in [0.29, 0.717) is 22.4 Å². The van der Waals surface area contributed by atoms with E-state index in [2.05, 4.69) is 27.5 Å². The molecule has 0 unspecified atom stereocenters. The summed E-state index contributed by atoms with van der Waals surface area (Å²) >= 11 is 5.98. The molecular formula is C14H16ClFN4. The second-order valence-corrected chi connectivity index (χ2v) is 4.77. The monoisotopic (exact) mass is 294 g/mol. The summed E-state index contributed by atoms with van der Waals surface area (Å²) in [6.07, 6.45) is 1.01. The fraction of sp³-hybridized carbons (Fsp3) is 0.286. The van der Waals surface area contributed by atoms with Gasteiger partial charge in [-0.15, -0.1) is 0 Å². The average Bonchev–Trinajstić information content (AvgIpc) is 2.39. The number of anilines is 3. The molecular weight excluding hydrogens is 279 g/mol. The molecule has 6 heteroatoms. The van der Waals surface area contributed by atoms with E-state index in [1.54, 1.807) is 12.1 Å². The van der Waals surface area contributed by atoms with Gasteiger partial charge < -0.3 is 10.6 Å². The Morgan fingerprint density at radius 2 is 1.95 bits per heavy atom. The van der Waals surface area contributed by atoms with E-state index in [1.807, 2.05) is 6.92 Å². The van der Waals surface area contributed by atoms with Crippen molar-refractivity contribution in [1.29, 1.82) is 0 Å². The van der Waals surface area contributed by atoms with Gasteiger partial charge in [0.1, 0.15) is 23.3 Å². The molecule has 2 aromatic rings. The fourth-order valence-corrected chi connectivity index (χ4v) is 1.92. The van der Waals surface area contributed by atoms with Crippen LogP contribution >= 0.6 is 11.6 Å². The van der Waals surface area contributed by atoms with Crippen LogP contribution in [0.15, 0.2) is 24.3 Å². The Balaban J connectivity index is 2.21. The van der Waals surface area contributed by atoms with Gasteiger partial charge >= 0.3 is 0 Å². The van der Waals surface area contributed by atoms with Gasteiger partial charge in [-0.2, -0.15) is 0 Å². The quantitative estimate of drug-likeness (QED) is 0.870. The zero-order valence-electron chi connectivity index (χ0n) is 11.4. The average molecular weight is 295 g/mol. The first-order chi connectivity index (χ1) is 9.58. The predicted octanol–water partition coefficient (Wildman–Crippen LogP) is 4.14. The molecule has 0 bridgehead atoms. The number of hydrogen-bond acceptors (Lipinski definition) is 4. The van der Waals surface area contributed by atoms with E-state index in [9.17, 15) is 4.39 Å². The summed E-state index contributed by atoms with van der Waals surface area (Å²) in [7, 11) is 0. The maximum absolute atomic E-state index is 13.0. The first-order valence-corrected chi connectivity index (χ1v) is 6.78. The van der Waals surface area contributed by atoms with Gasteiger partial charge in [0, 0.05) is 12.6 Å². The van der Waals surface area contributed by atoms with Crippen LogP contribution in [-0.2, 0) is 0 Å². The SMILES string of the molecule is CCCNc1cc(Nc2ccc(F)cc2Cl)nc(C)n1. The summed E-state index contributed by atoms with van der Waals surface area (Å²) in [4.78, 5) is 8.58. The lowest BCUT2D eigenvalue weighted by molar-refractivity contribution is 0.628. The molecule has 1 aromatic heterocycles. The minimum Gasteiger partial charge on any atom is -0.370 e. The third kappa shape index (κ3) is 3.81. The van der Waals surface area contributed by atoms with Crippen molar-refractivity contribution in [3.05, 3.63) is 40.9 Å². The number of nitrogens with zero attached hydrogens (tertiary/aromatic N) is 2. The highest BCUT2D eigenvalue weighted by Crippen LogP contribution is 2.26. The number of aryl methyl sites for hydroxylation is 1. The van der Waals surface area contributed by atoms with Crippen molar-refractivity contribution in [2.75, 3.05) is 17.2 Å². The van der Waals surface area contributed by atoms with Gasteiger partial charge in [-0.25, -0.2) is 14.4 Å². The molecule has 2 rings (SSSR count). The Kier molecular flexibility index (Phi) is 4.74. The molecule has 0 aliphatic rings. The molecule has 106 valence electrons. The van der Waals surface area contributed by atoms with E-state index >= 15 is 0 Å². The molecule has 0 aliphatic heterocycles. The molecule has 0 atom stereocenters. The molecule has 1 heterocycles. The molecule has 2 N–H and O–H groups in total. The molecule has 0 aliphatic carbocycles. The number of aromatic nitrogens is 2. The third-order valence-corrected chi connectivity index (χ3v) is 2.90. The van der Waals surface area contributed by atoms with Crippen LogP contribution in [0.4, 0.5) is 21.7 Å². The van der Waals surface area contributed by atoms with Gasteiger partial charge in [0.05, 0.1) is 10.7 Å². The highest BCUT2D eigenvalue weighted by molar-refractivity contribution is 6.33. The highest BCUT2D eigenvalue weighted by Gasteiger charge is 2.05. The van der Waals surface area contributed by atoms with Crippen molar-refractivity contribution in [3.8, 4) is 0 Å².